The molecule has 2 atom stereocenters. The molecule has 0 saturated carbocycles. The molecule has 3 heteroatoms. The molecule has 1 saturated heterocycles. The van der Waals surface area contributed by atoms with Crippen LogP contribution in [0.4, 0.5) is 0 Å². The van der Waals surface area contributed by atoms with Gasteiger partial charge >= 0.3 is 0 Å². The van der Waals surface area contributed by atoms with Crippen molar-refractivity contribution < 1.29 is 4.74 Å². The van der Waals surface area contributed by atoms with Crippen LogP contribution >= 0.6 is 11.3 Å². The van der Waals surface area contributed by atoms with Gasteiger partial charge in [0, 0.05) is 22.4 Å². The van der Waals surface area contributed by atoms with Crippen molar-refractivity contribution in [2.24, 2.45) is 0 Å². The van der Waals surface area contributed by atoms with E-state index in [9.17, 15) is 0 Å². The Balaban J connectivity index is 1.49. The monoisotopic (exact) mass is 279 g/mol. The van der Waals surface area contributed by atoms with Crippen molar-refractivity contribution in [3.05, 3.63) is 21.4 Å². The number of ether oxygens (including phenoxy) is 1. The van der Waals surface area contributed by atoms with Gasteiger partial charge < -0.3 is 10.1 Å². The summed E-state index contributed by atoms with van der Waals surface area (Å²) in [6.45, 7) is 4.35. The third kappa shape index (κ3) is 3.39. The molecule has 0 bridgehead atoms. The van der Waals surface area contributed by atoms with Crippen molar-refractivity contribution in [2.45, 2.75) is 64.0 Å². The number of thiophene rings is 1. The van der Waals surface area contributed by atoms with Gasteiger partial charge in [0.25, 0.3) is 0 Å². The predicted molar refractivity (Wildman–Crippen MR) is 81.0 cm³/mol. The number of fused-ring (bicyclic) bond motifs is 1. The molecule has 0 radical (unpaired) electrons. The van der Waals surface area contributed by atoms with E-state index in [2.05, 4.69) is 18.3 Å². The average Bonchev–Trinajstić information content (AvgIpc) is 3.07. The molecule has 1 aromatic heterocycles. The van der Waals surface area contributed by atoms with Crippen LogP contribution in [0.5, 0.6) is 0 Å². The van der Waals surface area contributed by atoms with E-state index in [1.165, 1.54) is 43.4 Å². The molecule has 0 spiro atoms. The summed E-state index contributed by atoms with van der Waals surface area (Å²) >= 11 is 2.03. The van der Waals surface area contributed by atoms with Crippen LogP contribution in [0.2, 0.25) is 0 Å². The maximum atomic E-state index is 5.67. The van der Waals surface area contributed by atoms with Crippen LogP contribution in [0, 0.1) is 0 Å². The Labute approximate surface area is 120 Å². The Morgan fingerprint density at radius 3 is 3.05 bits per heavy atom. The lowest BCUT2D eigenvalue weighted by atomic mass is 9.99. The third-order valence-corrected chi connectivity index (χ3v) is 5.80. The lowest BCUT2D eigenvalue weighted by molar-refractivity contribution is 0.103. The van der Waals surface area contributed by atoms with Gasteiger partial charge in [0.1, 0.15) is 0 Å². The van der Waals surface area contributed by atoms with Crippen molar-refractivity contribution in [3.8, 4) is 0 Å². The first-order chi connectivity index (χ1) is 9.33. The molecular formula is C16H25NOS. The molecule has 2 unspecified atom stereocenters. The minimum absolute atomic E-state index is 0.497. The van der Waals surface area contributed by atoms with Gasteiger partial charge in [-0.3, -0.25) is 0 Å². The zero-order valence-corrected chi connectivity index (χ0v) is 12.7. The van der Waals surface area contributed by atoms with Gasteiger partial charge in [-0.2, -0.15) is 0 Å². The lowest BCUT2D eigenvalue weighted by Gasteiger charge is -2.14. The van der Waals surface area contributed by atoms with Crippen molar-refractivity contribution in [1.82, 2.24) is 5.32 Å². The van der Waals surface area contributed by atoms with Crippen LogP contribution in [0.1, 0.15) is 60.4 Å². The number of hydrogen-bond donors (Lipinski definition) is 1. The van der Waals surface area contributed by atoms with Gasteiger partial charge in [-0.25, -0.2) is 0 Å². The van der Waals surface area contributed by atoms with Crippen molar-refractivity contribution in [2.75, 3.05) is 13.2 Å². The largest absolute Gasteiger partial charge is 0.378 e. The highest BCUT2D eigenvalue weighted by atomic mass is 32.1. The molecule has 0 aromatic carbocycles. The minimum Gasteiger partial charge on any atom is -0.378 e. The van der Waals surface area contributed by atoms with Crippen LogP contribution < -0.4 is 5.32 Å². The Hall–Kier alpha value is -0.380. The van der Waals surface area contributed by atoms with Crippen molar-refractivity contribution in [3.63, 3.8) is 0 Å². The molecule has 19 heavy (non-hydrogen) atoms. The second-order valence-electron chi connectivity index (χ2n) is 5.90. The highest BCUT2D eigenvalue weighted by molar-refractivity contribution is 7.12. The highest BCUT2D eigenvalue weighted by Crippen LogP contribution is 2.32. The first-order valence-corrected chi connectivity index (χ1v) is 8.61. The maximum Gasteiger partial charge on any atom is 0.0588 e. The first-order valence-electron chi connectivity index (χ1n) is 7.79. The summed E-state index contributed by atoms with van der Waals surface area (Å²) in [5.74, 6) is 0. The Bertz CT molecular complexity index is 385. The standard InChI is InChI=1S/C16H25NOS/c1-12(17-9-8-14-6-4-10-18-14)16-11-13-5-2-3-7-15(13)19-16/h11-12,14,17H,2-10H2,1H3. The SMILES string of the molecule is CC(NCCC1CCCO1)c1cc2c(s1)CCCC2. The maximum absolute atomic E-state index is 5.67. The summed E-state index contributed by atoms with van der Waals surface area (Å²) in [7, 11) is 0. The second kappa shape index (κ2) is 6.38. The van der Waals surface area contributed by atoms with E-state index >= 15 is 0 Å². The van der Waals surface area contributed by atoms with Gasteiger partial charge in [-0.15, -0.1) is 11.3 Å². The summed E-state index contributed by atoms with van der Waals surface area (Å²) in [5, 5.41) is 3.67. The van der Waals surface area contributed by atoms with E-state index in [0.29, 0.717) is 12.1 Å². The van der Waals surface area contributed by atoms with Gasteiger partial charge in [0.15, 0.2) is 0 Å². The van der Waals surface area contributed by atoms with E-state index in [4.69, 9.17) is 4.74 Å². The zero-order valence-electron chi connectivity index (χ0n) is 11.9. The van der Waals surface area contributed by atoms with Gasteiger partial charge in [0.2, 0.25) is 0 Å². The van der Waals surface area contributed by atoms with Crippen LogP contribution in [0.3, 0.4) is 0 Å². The number of hydrogen-bond acceptors (Lipinski definition) is 3. The van der Waals surface area contributed by atoms with Crippen molar-refractivity contribution in [1.29, 1.82) is 0 Å². The summed E-state index contributed by atoms with van der Waals surface area (Å²) in [5.41, 5.74) is 1.62. The van der Waals surface area contributed by atoms with Crippen LogP contribution in [0.15, 0.2) is 6.07 Å². The fourth-order valence-corrected chi connectivity index (χ4v) is 4.44. The molecule has 1 N–H and O–H groups in total. The Kier molecular flexibility index (Phi) is 4.57. The molecule has 2 heterocycles. The van der Waals surface area contributed by atoms with Gasteiger partial charge in [0.05, 0.1) is 6.10 Å². The normalized spacial score (nSPS) is 24.4. The van der Waals surface area contributed by atoms with E-state index in [-0.39, 0.29) is 0 Å². The smallest absolute Gasteiger partial charge is 0.0588 e. The highest BCUT2D eigenvalue weighted by Gasteiger charge is 2.18. The fraction of sp³-hybridized carbons (Fsp3) is 0.750. The summed E-state index contributed by atoms with van der Waals surface area (Å²) in [6.07, 6.45) is 9.54. The Morgan fingerprint density at radius 1 is 1.37 bits per heavy atom. The van der Waals surface area contributed by atoms with E-state index in [0.717, 1.165) is 19.6 Å². The first kappa shape index (κ1) is 13.6. The lowest BCUT2D eigenvalue weighted by Crippen LogP contribution is -2.22. The van der Waals surface area contributed by atoms with E-state index in [1.54, 1.807) is 10.4 Å². The fourth-order valence-electron chi connectivity index (χ4n) is 3.16. The molecule has 0 amide bonds. The van der Waals surface area contributed by atoms with Crippen molar-refractivity contribution >= 4 is 11.3 Å². The predicted octanol–water partition coefficient (Wildman–Crippen LogP) is 3.85. The number of aryl methyl sites for hydroxylation is 2. The molecule has 1 aromatic rings. The van der Waals surface area contributed by atoms with E-state index < -0.39 is 0 Å². The zero-order chi connectivity index (χ0) is 13.1. The molecule has 2 aliphatic rings. The third-order valence-electron chi connectivity index (χ3n) is 4.38. The average molecular weight is 279 g/mol. The number of rotatable bonds is 5. The molecule has 1 aliphatic carbocycles. The molecule has 2 nitrogen and oxygen atoms in total. The summed E-state index contributed by atoms with van der Waals surface area (Å²) in [4.78, 5) is 3.17. The quantitative estimate of drug-likeness (QED) is 0.884. The van der Waals surface area contributed by atoms with Crippen LogP contribution in [-0.2, 0) is 17.6 Å². The summed E-state index contributed by atoms with van der Waals surface area (Å²) in [6, 6.07) is 2.94. The molecule has 1 aliphatic heterocycles. The van der Waals surface area contributed by atoms with E-state index in [1.807, 2.05) is 11.3 Å². The number of nitrogens with one attached hydrogen (secondary N) is 1. The molecule has 1 fully saturated rings. The minimum atomic E-state index is 0.497. The molecule has 3 rings (SSSR count). The topological polar surface area (TPSA) is 21.3 Å². The molecular weight excluding hydrogens is 254 g/mol. The van der Waals surface area contributed by atoms with Gasteiger partial charge in [-0.1, -0.05) is 0 Å². The Morgan fingerprint density at radius 2 is 2.26 bits per heavy atom. The van der Waals surface area contributed by atoms with Crippen LogP contribution in [0.25, 0.3) is 0 Å². The van der Waals surface area contributed by atoms with Gasteiger partial charge in [-0.05, 0) is 70.0 Å². The second-order valence-corrected chi connectivity index (χ2v) is 7.07. The van der Waals surface area contributed by atoms with Crippen LogP contribution in [-0.4, -0.2) is 19.3 Å². The summed E-state index contributed by atoms with van der Waals surface area (Å²) < 4.78 is 5.67. The molecule has 106 valence electrons.